The molecule has 0 spiro atoms. The predicted molar refractivity (Wildman–Crippen MR) is 84.6 cm³/mol. The van der Waals surface area contributed by atoms with Crippen molar-refractivity contribution in [3.05, 3.63) is 28.8 Å². The van der Waals surface area contributed by atoms with E-state index in [-0.39, 0.29) is 0 Å². The third-order valence-electron chi connectivity index (χ3n) is 4.00. The van der Waals surface area contributed by atoms with E-state index in [2.05, 4.69) is 24.1 Å². The van der Waals surface area contributed by atoms with Crippen molar-refractivity contribution in [2.45, 2.75) is 45.3 Å². The molecule has 1 unspecified atom stereocenters. The van der Waals surface area contributed by atoms with Gasteiger partial charge in [0.1, 0.15) is 5.75 Å². The fraction of sp³-hybridized carbons (Fsp3) is 0.625. The summed E-state index contributed by atoms with van der Waals surface area (Å²) < 4.78 is 5.45. The lowest BCUT2D eigenvalue weighted by Gasteiger charge is -2.30. The van der Waals surface area contributed by atoms with Gasteiger partial charge in [0, 0.05) is 35.8 Å². The topological polar surface area (TPSA) is 24.5 Å². The van der Waals surface area contributed by atoms with Crippen molar-refractivity contribution < 1.29 is 4.74 Å². The SMILES string of the molecule is COc1cccc(Cl)c1CN(CC1CCCN1)C(C)C. The van der Waals surface area contributed by atoms with Crippen LogP contribution in [0.25, 0.3) is 0 Å². The van der Waals surface area contributed by atoms with Crippen molar-refractivity contribution in [3.8, 4) is 5.75 Å². The van der Waals surface area contributed by atoms with Crippen LogP contribution >= 0.6 is 11.6 Å². The Bertz CT molecular complexity index is 430. The Hall–Kier alpha value is -0.770. The molecular weight excluding hydrogens is 272 g/mol. The maximum Gasteiger partial charge on any atom is 0.124 e. The van der Waals surface area contributed by atoms with E-state index in [4.69, 9.17) is 16.3 Å². The van der Waals surface area contributed by atoms with Crippen LogP contribution in [0.5, 0.6) is 5.75 Å². The number of hydrogen-bond acceptors (Lipinski definition) is 3. The molecule has 2 rings (SSSR count). The first-order chi connectivity index (χ1) is 9.61. The smallest absolute Gasteiger partial charge is 0.124 e. The zero-order chi connectivity index (χ0) is 14.5. The molecule has 112 valence electrons. The second-order valence-electron chi connectivity index (χ2n) is 5.74. The summed E-state index contributed by atoms with van der Waals surface area (Å²) in [6, 6.07) is 6.94. The molecule has 0 amide bonds. The molecule has 1 N–H and O–H groups in total. The molecule has 1 aliphatic heterocycles. The second-order valence-corrected chi connectivity index (χ2v) is 6.14. The average molecular weight is 297 g/mol. The molecule has 0 saturated carbocycles. The maximum atomic E-state index is 6.35. The molecule has 20 heavy (non-hydrogen) atoms. The van der Waals surface area contributed by atoms with Crippen molar-refractivity contribution in [2.75, 3.05) is 20.2 Å². The van der Waals surface area contributed by atoms with E-state index in [1.54, 1.807) is 7.11 Å². The maximum absolute atomic E-state index is 6.35. The number of nitrogens with one attached hydrogen (secondary N) is 1. The van der Waals surface area contributed by atoms with Gasteiger partial charge in [-0.2, -0.15) is 0 Å². The molecule has 1 fully saturated rings. The lowest BCUT2D eigenvalue weighted by Crippen LogP contribution is -2.40. The van der Waals surface area contributed by atoms with Gasteiger partial charge in [-0.15, -0.1) is 0 Å². The fourth-order valence-electron chi connectivity index (χ4n) is 2.74. The molecule has 1 aromatic carbocycles. The number of methoxy groups -OCH3 is 1. The van der Waals surface area contributed by atoms with Gasteiger partial charge in [0.2, 0.25) is 0 Å². The Morgan fingerprint density at radius 2 is 2.25 bits per heavy atom. The molecule has 3 nitrogen and oxygen atoms in total. The van der Waals surface area contributed by atoms with E-state index < -0.39 is 0 Å². The molecule has 1 saturated heterocycles. The first-order valence-electron chi connectivity index (χ1n) is 7.40. The van der Waals surface area contributed by atoms with Gasteiger partial charge in [-0.05, 0) is 45.4 Å². The standard InChI is InChI=1S/C16H25ClN2O/c1-12(2)19(10-13-6-5-9-18-13)11-14-15(17)7-4-8-16(14)20-3/h4,7-8,12-13,18H,5-6,9-11H2,1-3H3. The van der Waals surface area contributed by atoms with Crippen LogP contribution in [0.2, 0.25) is 5.02 Å². The van der Waals surface area contributed by atoms with Crippen molar-refractivity contribution >= 4 is 11.6 Å². The molecule has 4 heteroatoms. The molecule has 1 aromatic rings. The third-order valence-corrected chi connectivity index (χ3v) is 4.36. The normalized spacial score (nSPS) is 19.0. The van der Waals surface area contributed by atoms with Crippen molar-refractivity contribution in [3.63, 3.8) is 0 Å². The van der Waals surface area contributed by atoms with Crippen LogP contribution in [0, 0.1) is 0 Å². The van der Waals surface area contributed by atoms with E-state index in [1.165, 1.54) is 12.8 Å². The van der Waals surface area contributed by atoms with Gasteiger partial charge in [-0.25, -0.2) is 0 Å². The Balaban J connectivity index is 2.11. The largest absolute Gasteiger partial charge is 0.496 e. The van der Waals surface area contributed by atoms with Crippen LogP contribution in [0.4, 0.5) is 0 Å². The summed E-state index contributed by atoms with van der Waals surface area (Å²) in [6.45, 7) is 7.51. The van der Waals surface area contributed by atoms with E-state index in [1.807, 2.05) is 18.2 Å². The average Bonchev–Trinajstić information content (AvgIpc) is 2.92. The highest BCUT2D eigenvalue weighted by Crippen LogP contribution is 2.28. The van der Waals surface area contributed by atoms with Gasteiger partial charge in [0.25, 0.3) is 0 Å². The predicted octanol–water partition coefficient (Wildman–Crippen LogP) is 3.31. The molecule has 0 aliphatic carbocycles. The molecular formula is C16H25ClN2O. The molecule has 0 radical (unpaired) electrons. The van der Waals surface area contributed by atoms with Gasteiger partial charge in [0.05, 0.1) is 7.11 Å². The third kappa shape index (κ3) is 3.87. The number of ether oxygens (including phenoxy) is 1. The Morgan fingerprint density at radius 3 is 2.85 bits per heavy atom. The highest BCUT2D eigenvalue weighted by atomic mass is 35.5. The van der Waals surface area contributed by atoms with Crippen LogP contribution in [0.15, 0.2) is 18.2 Å². The van der Waals surface area contributed by atoms with E-state index in [0.29, 0.717) is 12.1 Å². The first kappa shape index (κ1) is 15.6. The van der Waals surface area contributed by atoms with Gasteiger partial charge in [-0.3, -0.25) is 4.90 Å². The van der Waals surface area contributed by atoms with E-state index in [0.717, 1.165) is 36.0 Å². The molecule has 1 atom stereocenters. The van der Waals surface area contributed by atoms with E-state index in [9.17, 15) is 0 Å². The Kier molecular flexibility index (Phi) is 5.70. The van der Waals surface area contributed by atoms with Crippen molar-refractivity contribution in [2.24, 2.45) is 0 Å². The molecule has 0 aromatic heterocycles. The van der Waals surface area contributed by atoms with E-state index >= 15 is 0 Å². The highest BCUT2D eigenvalue weighted by Gasteiger charge is 2.21. The van der Waals surface area contributed by atoms with Gasteiger partial charge in [0.15, 0.2) is 0 Å². The van der Waals surface area contributed by atoms with Crippen LogP contribution in [0.1, 0.15) is 32.3 Å². The quantitative estimate of drug-likeness (QED) is 0.871. The summed E-state index contributed by atoms with van der Waals surface area (Å²) >= 11 is 6.35. The summed E-state index contributed by atoms with van der Waals surface area (Å²) in [5.41, 5.74) is 1.09. The van der Waals surface area contributed by atoms with Crippen molar-refractivity contribution in [1.29, 1.82) is 0 Å². The molecule has 1 aliphatic rings. The zero-order valence-corrected chi connectivity index (χ0v) is 13.4. The van der Waals surface area contributed by atoms with Gasteiger partial charge >= 0.3 is 0 Å². The Labute approximate surface area is 127 Å². The lowest BCUT2D eigenvalue weighted by molar-refractivity contribution is 0.192. The Morgan fingerprint density at radius 1 is 1.45 bits per heavy atom. The summed E-state index contributed by atoms with van der Waals surface area (Å²) in [6.07, 6.45) is 2.55. The van der Waals surface area contributed by atoms with Crippen LogP contribution in [-0.4, -0.2) is 37.2 Å². The van der Waals surface area contributed by atoms with Crippen LogP contribution in [-0.2, 0) is 6.54 Å². The van der Waals surface area contributed by atoms with Crippen LogP contribution in [0.3, 0.4) is 0 Å². The summed E-state index contributed by atoms with van der Waals surface area (Å²) in [7, 11) is 1.70. The fourth-order valence-corrected chi connectivity index (χ4v) is 2.97. The van der Waals surface area contributed by atoms with Crippen LogP contribution < -0.4 is 10.1 Å². The minimum absolute atomic E-state index is 0.485. The van der Waals surface area contributed by atoms with Gasteiger partial charge < -0.3 is 10.1 Å². The zero-order valence-electron chi connectivity index (χ0n) is 12.7. The minimum atomic E-state index is 0.485. The summed E-state index contributed by atoms with van der Waals surface area (Å²) in [5.74, 6) is 0.877. The highest BCUT2D eigenvalue weighted by molar-refractivity contribution is 6.31. The minimum Gasteiger partial charge on any atom is -0.496 e. The number of benzene rings is 1. The number of rotatable bonds is 6. The monoisotopic (exact) mass is 296 g/mol. The second kappa shape index (κ2) is 7.30. The number of nitrogens with zero attached hydrogens (tertiary/aromatic N) is 1. The molecule has 0 bridgehead atoms. The first-order valence-corrected chi connectivity index (χ1v) is 7.78. The summed E-state index contributed by atoms with van der Waals surface area (Å²) in [4.78, 5) is 2.46. The number of hydrogen-bond donors (Lipinski definition) is 1. The van der Waals surface area contributed by atoms with Gasteiger partial charge in [-0.1, -0.05) is 17.7 Å². The molecule has 1 heterocycles. The lowest BCUT2D eigenvalue weighted by atomic mass is 10.1. The summed E-state index contributed by atoms with van der Waals surface area (Å²) in [5, 5.41) is 4.35. The van der Waals surface area contributed by atoms with Crippen molar-refractivity contribution in [1.82, 2.24) is 10.2 Å². The number of halogens is 1.